The van der Waals surface area contributed by atoms with Crippen molar-refractivity contribution < 1.29 is 33.8 Å². The predicted molar refractivity (Wildman–Crippen MR) is 160 cm³/mol. The molecule has 43 heavy (non-hydrogen) atoms. The summed E-state index contributed by atoms with van der Waals surface area (Å²) in [7, 11) is 0. The van der Waals surface area contributed by atoms with Gasteiger partial charge in [0.2, 0.25) is 11.8 Å². The molecule has 5 rings (SSSR count). The first kappa shape index (κ1) is 31.2. The molecule has 1 aromatic carbocycles. The topological polar surface area (TPSA) is 125 Å². The smallest absolute Gasteiger partial charge is 0.313 e. The average Bonchev–Trinajstić information content (AvgIpc) is 3.34. The maximum atomic E-state index is 14.7. The van der Waals surface area contributed by atoms with E-state index < -0.39 is 59.5 Å². The molecule has 2 fully saturated rings. The third-order valence-corrected chi connectivity index (χ3v) is 9.08. The Morgan fingerprint density at radius 3 is 2.63 bits per heavy atom. The third-order valence-electron chi connectivity index (χ3n) is 8.78. The summed E-state index contributed by atoms with van der Waals surface area (Å²) < 4.78 is 12.5. The molecule has 0 aromatic heterocycles. The van der Waals surface area contributed by atoms with Gasteiger partial charge in [-0.2, -0.15) is 0 Å². The van der Waals surface area contributed by atoms with Gasteiger partial charge in [-0.3, -0.25) is 19.2 Å². The molecule has 1 spiro atoms. The monoisotopic (exact) mass is 613 g/mol. The maximum Gasteiger partial charge on any atom is 0.313 e. The van der Waals surface area contributed by atoms with Gasteiger partial charge in [0.05, 0.1) is 41.9 Å². The molecule has 0 radical (unpaired) electrons. The number of halogens is 1. The number of esters is 1. The number of aliphatic hydroxyl groups is 1. The van der Waals surface area contributed by atoms with E-state index in [-0.39, 0.29) is 37.9 Å². The lowest BCUT2D eigenvalue weighted by atomic mass is 9.78. The first-order chi connectivity index (χ1) is 20.5. The van der Waals surface area contributed by atoms with Crippen molar-refractivity contribution in [3.8, 4) is 0 Å². The Labute approximate surface area is 257 Å². The second kappa shape index (κ2) is 12.4. The van der Waals surface area contributed by atoms with Crippen molar-refractivity contribution in [2.45, 2.75) is 76.9 Å². The standard InChI is InChI=1S/C32H40ClN3O7/c1-18(2)15-21(17-37)36-28-30(40)35(27-19(3)9-7-10-22(27)33)14-8-13-32(28)26(29(36)39)25-23(43-32)11-5-6-12-24(38)34-16-20(4)42-31(25)41/h5,7-11,13,18,20-21,23,25-26,28,37H,6,12,14-17H2,1-4H3,(H,34,38)/b11-5-/t20-,21-,23-,25+,26+,28-,32+/m1/s1. The highest BCUT2D eigenvalue weighted by molar-refractivity contribution is 6.34. The molecule has 4 aliphatic heterocycles. The summed E-state index contributed by atoms with van der Waals surface area (Å²) >= 11 is 6.62. The zero-order valence-corrected chi connectivity index (χ0v) is 25.8. The molecule has 0 unspecified atom stereocenters. The van der Waals surface area contributed by atoms with Gasteiger partial charge in [-0.05, 0) is 44.2 Å². The molecule has 2 N–H and O–H groups in total. The van der Waals surface area contributed by atoms with Crippen molar-refractivity contribution in [2.24, 2.45) is 17.8 Å². The first-order valence-corrected chi connectivity index (χ1v) is 15.4. The summed E-state index contributed by atoms with van der Waals surface area (Å²) in [5.41, 5.74) is -0.180. The molecule has 0 aliphatic carbocycles. The van der Waals surface area contributed by atoms with Crippen LogP contribution in [0.1, 0.15) is 45.6 Å². The number of anilines is 1. The van der Waals surface area contributed by atoms with Gasteiger partial charge < -0.3 is 29.7 Å². The van der Waals surface area contributed by atoms with E-state index in [2.05, 4.69) is 5.32 Å². The van der Waals surface area contributed by atoms with E-state index >= 15 is 0 Å². The minimum Gasteiger partial charge on any atom is -0.460 e. The number of benzene rings is 1. The van der Waals surface area contributed by atoms with Gasteiger partial charge in [-0.1, -0.05) is 61.9 Å². The number of nitrogens with zero attached hydrogens (tertiary/aromatic N) is 2. The number of hydrogen-bond donors (Lipinski definition) is 2. The van der Waals surface area contributed by atoms with Gasteiger partial charge in [0.15, 0.2) is 0 Å². The summed E-state index contributed by atoms with van der Waals surface area (Å²) in [6.07, 6.45) is 6.59. The van der Waals surface area contributed by atoms with Gasteiger partial charge in [0.25, 0.3) is 5.91 Å². The largest absolute Gasteiger partial charge is 0.460 e. The summed E-state index contributed by atoms with van der Waals surface area (Å²) in [4.78, 5) is 58.3. The lowest BCUT2D eigenvalue weighted by Crippen LogP contribution is -2.58. The SMILES string of the molecule is Cc1cccc(Cl)c1N1CC=C[C@]23O[C@@H]4/C=C\CCC(=O)NC[C@@H](C)OC(=O)[C@@H]4[C@H]2C(=O)N([C@@H](CO)CC(C)C)[C@@H]3C1=O. The fraction of sp³-hybridized carbons (Fsp3) is 0.562. The zero-order chi connectivity index (χ0) is 31.1. The molecule has 4 aliphatic rings. The van der Waals surface area contributed by atoms with Crippen LogP contribution in [0.25, 0.3) is 0 Å². The van der Waals surface area contributed by atoms with E-state index in [0.717, 1.165) is 5.56 Å². The van der Waals surface area contributed by atoms with E-state index in [1.807, 2.05) is 26.8 Å². The Kier molecular flexibility index (Phi) is 9.02. The molecule has 4 heterocycles. The van der Waals surface area contributed by atoms with Crippen molar-refractivity contribution in [1.29, 1.82) is 0 Å². The van der Waals surface area contributed by atoms with Crippen LogP contribution in [0.3, 0.4) is 0 Å². The zero-order valence-electron chi connectivity index (χ0n) is 25.0. The van der Waals surface area contributed by atoms with Crippen LogP contribution in [-0.2, 0) is 28.7 Å². The molecule has 11 heteroatoms. The van der Waals surface area contributed by atoms with E-state index in [9.17, 15) is 24.3 Å². The summed E-state index contributed by atoms with van der Waals surface area (Å²) in [6, 6.07) is 3.53. The number of fused-ring (bicyclic) bond motifs is 2. The number of aliphatic hydroxyl groups excluding tert-OH is 1. The third kappa shape index (κ3) is 5.60. The number of hydrogen-bond acceptors (Lipinski definition) is 7. The minimum atomic E-state index is -1.50. The van der Waals surface area contributed by atoms with Crippen molar-refractivity contribution in [2.75, 3.05) is 24.6 Å². The predicted octanol–water partition coefficient (Wildman–Crippen LogP) is 2.94. The van der Waals surface area contributed by atoms with Crippen molar-refractivity contribution in [3.05, 3.63) is 53.1 Å². The van der Waals surface area contributed by atoms with Crippen LogP contribution in [0.4, 0.5) is 5.69 Å². The molecule has 1 aromatic rings. The number of aryl methyl sites for hydroxylation is 1. The summed E-state index contributed by atoms with van der Waals surface area (Å²) in [6.45, 7) is 7.45. The van der Waals surface area contributed by atoms with Crippen LogP contribution in [0.15, 0.2) is 42.5 Å². The van der Waals surface area contributed by atoms with E-state index in [0.29, 0.717) is 23.6 Å². The van der Waals surface area contributed by atoms with Crippen LogP contribution in [0.2, 0.25) is 5.02 Å². The fourth-order valence-corrected chi connectivity index (χ4v) is 7.30. The lowest BCUT2D eigenvalue weighted by molar-refractivity contribution is -0.159. The Hall–Kier alpha value is -3.21. The van der Waals surface area contributed by atoms with Gasteiger partial charge in [-0.15, -0.1) is 0 Å². The van der Waals surface area contributed by atoms with Gasteiger partial charge in [-0.25, -0.2) is 0 Å². The molecular weight excluding hydrogens is 574 g/mol. The molecule has 0 saturated carbocycles. The number of likely N-dealkylation sites (tertiary alicyclic amines) is 1. The second-order valence-corrected chi connectivity index (χ2v) is 12.7. The van der Waals surface area contributed by atoms with Crippen molar-refractivity contribution in [1.82, 2.24) is 10.2 Å². The van der Waals surface area contributed by atoms with Crippen LogP contribution in [-0.4, -0.2) is 83.3 Å². The number of allylic oxidation sites excluding steroid dienone is 1. The highest BCUT2D eigenvalue weighted by Crippen LogP contribution is 2.54. The first-order valence-electron chi connectivity index (χ1n) is 15.0. The molecular formula is C32H40ClN3O7. The number of ether oxygens (including phenoxy) is 2. The molecule has 0 bridgehead atoms. The van der Waals surface area contributed by atoms with Gasteiger partial charge >= 0.3 is 5.97 Å². The van der Waals surface area contributed by atoms with Crippen LogP contribution >= 0.6 is 11.6 Å². The van der Waals surface area contributed by atoms with E-state index in [4.69, 9.17) is 21.1 Å². The van der Waals surface area contributed by atoms with Gasteiger partial charge in [0, 0.05) is 13.0 Å². The normalized spacial score (nSPS) is 32.7. The highest BCUT2D eigenvalue weighted by Gasteiger charge is 2.72. The minimum absolute atomic E-state index is 0.110. The molecule has 232 valence electrons. The fourth-order valence-electron chi connectivity index (χ4n) is 6.98. The number of amides is 3. The quantitative estimate of drug-likeness (QED) is 0.386. The molecule has 7 atom stereocenters. The van der Waals surface area contributed by atoms with Crippen LogP contribution in [0, 0.1) is 24.7 Å². The number of cyclic esters (lactones) is 1. The molecule has 10 nitrogen and oxygen atoms in total. The summed E-state index contributed by atoms with van der Waals surface area (Å²) in [5.74, 6) is -3.65. The van der Waals surface area contributed by atoms with Gasteiger partial charge in [0.1, 0.15) is 23.7 Å². The lowest BCUT2D eigenvalue weighted by Gasteiger charge is -2.39. The Bertz CT molecular complexity index is 1330. The van der Waals surface area contributed by atoms with Crippen molar-refractivity contribution in [3.63, 3.8) is 0 Å². The van der Waals surface area contributed by atoms with Crippen molar-refractivity contribution >= 4 is 41.0 Å². The average molecular weight is 614 g/mol. The Morgan fingerprint density at radius 2 is 1.93 bits per heavy atom. The second-order valence-electron chi connectivity index (χ2n) is 12.3. The summed E-state index contributed by atoms with van der Waals surface area (Å²) in [5, 5.41) is 13.7. The van der Waals surface area contributed by atoms with Crippen LogP contribution < -0.4 is 10.2 Å². The molecule has 3 amide bonds. The number of carbonyl (C=O) groups is 4. The number of rotatable bonds is 5. The van der Waals surface area contributed by atoms with Crippen LogP contribution in [0.5, 0.6) is 0 Å². The highest BCUT2D eigenvalue weighted by atomic mass is 35.5. The Morgan fingerprint density at radius 1 is 1.16 bits per heavy atom. The number of para-hydroxylation sites is 1. The van der Waals surface area contributed by atoms with E-state index in [1.54, 1.807) is 48.3 Å². The number of carbonyl (C=O) groups excluding carboxylic acids is 4. The Balaban J connectivity index is 1.65. The number of nitrogens with one attached hydrogen (secondary N) is 1. The molecule has 2 saturated heterocycles. The maximum absolute atomic E-state index is 14.7. The van der Waals surface area contributed by atoms with E-state index in [1.165, 1.54) is 4.90 Å².